The highest BCUT2D eigenvalue weighted by Gasteiger charge is 2.33. The molecule has 1 N–H and O–H groups in total. The zero-order valence-electron chi connectivity index (χ0n) is 23.9. The Morgan fingerprint density at radius 2 is 1.84 bits per heavy atom. The van der Waals surface area contributed by atoms with Crippen LogP contribution in [0.1, 0.15) is 38.1 Å². The van der Waals surface area contributed by atoms with Gasteiger partial charge in [-0.1, -0.05) is 17.7 Å². The minimum atomic E-state index is -4.75. The van der Waals surface area contributed by atoms with Gasteiger partial charge < -0.3 is 29.2 Å². The van der Waals surface area contributed by atoms with E-state index in [9.17, 15) is 18.0 Å². The van der Waals surface area contributed by atoms with Gasteiger partial charge in [-0.3, -0.25) is 4.79 Å². The first kappa shape index (κ1) is 31.6. The Morgan fingerprint density at radius 1 is 1.09 bits per heavy atom. The maximum atomic E-state index is 13.2. The zero-order chi connectivity index (χ0) is 30.4. The molecule has 3 fully saturated rings. The van der Waals surface area contributed by atoms with Crippen molar-refractivity contribution in [3.8, 4) is 5.75 Å². The largest absolute Gasteiger partial charge is 0.573 e. The average molecular weight is 627 g/mol. The van der Waals surface area contributed by atoms with E-state index in [4.69, 9.17) is 25.8 Å². The number of ether oxygens (including phenoxy) is 4. The molecule has 3 aliphatic rings. The molecule has 0 bridgehead atoms. The molecule has 9 nitrogen and oxygen atoms in total. The molecular weight excluding hydrogens is 589 g/mol. The van der Waals surface area contributed by atoms with Gasteiger partial charge in [0.1, 0.15) is 10.8 Å². The maximum absolute atomic E-state index is 13.2. The van der Waals surface area contributed by atoms with Crippen LogP contribution in [-0.4, -0.2) is 74.4 Å². The van der Waals surface area contributed by atoms with E-state index in [0.717, 1.165) is 31.6 Å². The second kappa shape index (κ2) is 14.3. The van der Waals surface area contributed by atoms with Crippen molar-refractivity contribution in [2.45, 2.75) is 56.7 Å². The predicted octanol–water partition coefficient (Wildman–Crippen LogP) is 5.45. The molecule has 1 aliphatic carbocycles. The summed E-state index contributed by atoms with van der Waals surface area (Å²) in [5, 5.41) is 7.87. The lowest BCUT2D eigenvalue weighted by molar-refractivity contribution is -0.274. The van der Waals surface area contributed by atoms with Crippen molar-refractivity contribution in [2.75, 3.05) is 56.3 Å². The first-order valence-corrected chi connectivity index (χ1v) is 15.1. The number of nitrogens with zero attached hydrogens (tertiary/aromatic N) is 3. The van der Waals surface area contributed by atoms with E-state index in [1.54, 1.807) is 18.3 Å². The lowest BCUT2D eigenvalue weighted by Crippen LogP contribution is -2.46. The molecule has 13 heteroatoms. The number of anilines is 2. The smallest absolute Gasteiger partial charge is 0.406 e. The Bertz CT molecular complexity index is 1260. The minimum absolute atomic E-state index is 0.0822. The monoisotopic (exact) mass is 626 g/mol. The van der Waals surface area contributed by atoms with Crippen molar-refractivity contribution in [2.24, 2.45) is 11.8 Å². The molecular formula is C30H38ClF3N4O5. The summed E-state index contributed by atoms with van der Waals surface area (Å²) in [5.74, 6) is 0.304. The van der Waals surface area contributed by atoms with Crippen LogP contribution >= 0.6 is 11.6 Å². The fourth-order valence-electron chi connectivity index (χ4n) is 6.18. The summed E-state index contributed by atoms with van der Waals surface area (Å²) in [5.41, 5.74) is 0.937. The lowest BCUT2D eigenvalue weighted by Gasteiger charge is -2.40. The molecule has 0 radical (unpaired) electrons. The van der Waals surface area contributed by atoms with Gasteiger partial charge in [-0.25, -0.2) is 4.68 Å². The van der Waals surface area contributed by atoms with E-state index in [0.29, 0.717) is 64.0 Å². The van der Waals surface area contributed by atoms with Crippen LogP contribution in [0, 0.1) is 11.8 Å². The number of aromatic nitrogens is 2. The number of halogens is 4. The van der Waals surface area contributed by atoms with Crippen LogP contribution < -0.4 is 20.5 Å². The summed E-state index contributed by atoms with van der Waals surface area (Å²) >= 11 is 6.52. The summed E-state index contributed by atoms with van der Waals surface area (Å²) < 4.78 is 60.7. The topological polar surface area (TPSA) is 87.1 Å². The summed E-state index contributed by atoms with van der Waals surface area (Å²) in [7, 11) is 0. The third kappa shape index (κ3) is 8.23. The molecule has 1 aromatic heterocycles. The number of alkyl halides is 3. The first-order valence-electron chi connectivity index (χ1n) is 14.7. The Kier molecular flexibility index (Phi) is 10.5. The molecule has 5 rings (SSSR count). The number of hydrogen-bond acceptors (Lipinski definition) is 8. The number of allylic oxidation sites excluding steroid dienone is 1. The second-order valence-electron chi connectivity index (χ2n) is 11.3. The number of benzene rings is 1. The highest BCUT2D eigenvalue weighted by atomic mass is 35.5. The molecule has 2 saturated heterocycles. The Balaban J connectivity index is 1.24. The van der Waals surface area contributed by atoms with Crippen LogP contribution in [0.15, 0.2) is 47.9 Å². The molecule has 2 aliphatic heterocycles. The van der Waals surface area contributed by atoms with Gasteiger partial charge in [0.15, 0.2) is 0 Å². The van der Waals surface area contributed by atoms with Gasteiger partial charge in [-0.15, -0.1) is 19.8 Å². The fourth-order valence-corrected chi connectivity index (χ4v) is 6.39. The van der Waals surface area contributed by atoms with Gasteiger partial charge in [0, 0.05) is 37.3 Å². The molecule has 1 saturated carbocycles. The Hall–Kier alpha value is -2.80. The van der Waals surface area contributed by atoms with Crippen LogP contribution in [0.3, 0.4) is 0 Å². The van der Waals surface area contributed by atoms with Gasteiger partial charge in [0.05, 0.1) is 50.5 Å². The quantitative estimate of drug-likeness (QED) is 0.349. The molecule has 1 aromatic carbocycles. The van der Waals surface area contributed by atoms with E-state index in [2.05, 4.69) is 26.6 Å². The molecule has 3 heterocycles. The molecule has 3 atom stereocenters. The minimum Gasteiger partial charge on any atom is -0.406 e. The zero-order valence-corrected chi connectivity index (χ0v) is 24.7. The third-order valence-electron chi connectivity index (χ3n) is 8.47. The van der Waals surface area contributed by atoms with Gasteiger partial charge in [-0.2, -0.15) is 5.10 Å². The van der Waals surface area contributed by atoms with Crippen molar-refractivity contribution >= 4 is 23.0 Å². The number of rotatable bonds is 10. The average Bonchev–Trinajstić information content (AvgIpc) is 3.01. The Labute approximate surface area is 253 Å². The maximum Gasteiger partial charge on any atom is 0.573 e. The Morgan fingerprint density at radius 3 is 2.51 bits per heavy atom. The van der Waals surface area contributed by atoms with Crippen molar-refractivity contribution in [3.05, 3.63) is 58.5 Å². The van der Waals surface area contributed by atoms with Gasteiger partial charge in [0.25, 0.3) is 5.56 Å². The summed E-state index contributed by atoms with van der Waals surface area (Å²) in [4.78, 5) is 15.4. The predicted molar refractivity (Wildman–Crippen MR) is 157 cm³/mol. The van der Waals surface area contributed by atoms with E-state index >= 15 is 0 Å². The summed E-state index contributed by atoms with van der Waals surface area (Å²) in [6, 6.07) is 5.86. The molecule has 43 heavy (non-hydrogen) atoms. The van der Waals surface area contributed by atoms with E-state index < -0.39 is 6.36 Å². The van der Waals surface area contributed by atoms with Crippen LogP contribution in [0.5, 0.6) is 5.75 Å². The van der Waals surface area contributed by atoms with Crippen molar-refractivity contribution in [3.63, 3.8) is 0 Å². The van der Waals surface area contributed by atoms with E-state index in [1.807, 2.05) is 6.08 Å². The van der Waals surface area contributed by atoms with Gasteiger partial charge in [0.2, 0.25) is 0 Å². The van der Waals surface area contributed by atoms with Crippen LogP contribution in [0.25, 0.3) is 0 Å². The van der Waals surface area contributed by atoms with Crippen LogP contribution in [0.2, 0.25) is 5.02 Å². The fraction of sp³-hybridized carbons (Fsp3) is 0.600. The third-order valence-corrected chi connectivity index (χ3v) is 8.84. The van der Waals surface area contributed by atoms with E-state index in [-0.39, 0.29) is 40.4 Å². The molecule has 0 amide bonds. The standard InChI is InChI=1S/C30H38ClF3N4O5/c1-2-20-11-12-40-18-21(20)15-35-27-16-36-38(29(39)28(27)31)24-5-3-22(4-6-24)37(17-26-19-41-13-14-42-26)23-7-9-25(10-8-23)43-30(32,33)34/h2,7-10,16,20-22,24,26,35H,1,3-6,11-15,17-19H2/t20-,21-,22-,24-,26-/m1/s1. The SMILES string of the molecule is C=C[C@@H]1CCOC[C@H]1CNc1cnn([C@H]2CC[C@H](N(C[C@@H]3COCCO3)c3ccc(OC(F)(F)F)cc3)CC2)c(=O)c1Cl. The van der Waals surface area contributed by atoms with Crippen LogP contribution in [-0.2, 0) is 14.2 Å². The molecule has 236 valence electrons. The van der Waals surface area contributed by atoms with Gasteiger partial charge >= 0.3 is 6.36 Å². The second-order valence-corrected chi connectivity index (χ2v) is 11.6. The first-order chi connectivity index (χ1) is 20.7. The summed E-state index contributed by atoms with van der Waals surface area (Å²) in [6.07, 6.45) is 2.44. The lowest BCUT2D eigenvalue weighted by atomic mass is 9.88. The van der Waals surface area contributed by atoms with Crippen molar-refractivity contribution in [1.82, 2.24) is 9.78 Å². The van der Waals surface area contributed by atoms with Crippen molar-refractivity contribution < 1.29 is 32.1 Å². The number of hydrogen-bond donors (Lipinski definition) is 1. The molecule has 0 unspecified atom stereocenters. The van der Waals surface area contributed by atoms with Crippen LogP contribution in [0.4, 0.5) is 24.5 Å². The highest BCUT2D eigenvalue weighted by molar-refractivity contribution is 6.32. The number of nitrogens with one attached hydrogen (secondary N) is 1. The van der Waals surface area contributed by atoms with Crippen molar-refractivity contribution in [1.29, 1.82) is 0 Å². The van der Waals surface area contributed by atoms with Gasteiger partial charge in [-0.05, 0) is 62.3 Å². The normalized spacial score (nSPS) is 26.5. The molecule has 0 spiro atoms. The highest BCUT2D eigenvalue weighted by Crippen LogP contribution is 2.35. The molecule has 2 aromatic rings. The summed E-state index contributed by atoms with van der Waals surface area (Å²) in [6.45, 7) is 7.87. The van der Waals surface area contributed by atoms with E-state index in [1.165, 1.54) is 16.8 Å².